The van der Waals surface area contributed by atoms with Crippen molar-refractivity contribution in [2.24, 2.45) is 0 Å². The quantitative estimate of drug-likeness (QED) is 0.558. The molecule has 0 radical (unpaired) electrons. The average molecular weight is 379 g/mol. The first-order valence-electron chi connectivity index (χ1n) is 9.75. The number of carbonyl (C=O) groups is 3. The lowest BCUT2D eigenvalue weighted by molar-refractivity contribution is -0.147. The number of esters is 1. The normalized spacial score (nSPS) is 12.3. The molecular formula is C23H25NO4. The number of Topliss-reactive ketones (excluding diaryl/α,β-unsaturated/α-hetero) is 1. The van der Waals surface area contributed by atoms with E-state index in [1.165, 1.54) is 11.1 Å². The fourth-order valence-electron chi connectivity index (χ4n) is 3.46. The van der Waals surface area contributed by atoms with Crippen LogP contribution in [0.5, 0.6) is 0 Å². The van der Waals surface area contributed by atoms with E-state index < -0.39 is 5.97 Å². The van der Waals surface area contributed by atoms with Crippen molar-refractivity contribution >= 4 is 23.3 Å². The van der Waals surface area contributed by atoms with Crippen molar-refractivity contribution in [3.8, 4) is 0 Å². The molecule has 1 aliphatic rings. The molecular weight excluding hydrogens is 354 g/mol. The Balaban J connectivity index is 1.43. The molecule has 2 aromatic rings. The minimum absolute atomic E-state index is 0.0330. The average Bonchev–Trinajstić information content (AvgIpc) is 3.18. The summed E-state index contributed by atoms with van der Waals surface area (Å²) in [4.78, 5) is 36.2. The zero-order chi connectivity index (χ0) is 19.9. The number of amides is 1. The number of anilines is 1. The molecule has 0 fully saturated rings. The fourth-order valence-corrected chi connectivity index (χ4v) is 3.46. The van der Waals surface area contributed by atoms with Crippen LogP contribution in [0.1, 0.15) is 53.2 Å². The largest absolute Gasteiger partial charge is 0.456 e. The monoisotopic (exact) mass is 379 g/mol. The Hall–Kier alpha value is -2.95. The molecule has 5 heteroatoms. The SMILES string of the molecule is CCc1ccccc1NC(=O)COC(=O)CCC(=O)c1ccc2c(c1)CCC2. The number of fused-ring (bicyclic) bond motifs is 1. The second-order valence-corrected chi connectivity index (χ2v) is 6.98. The molecule has 146 valence electrons. The number of nitrogens with one attached hydrogen (secondary N) is 1. The first-order valence-corrected chi connectivity index (χ1v) is 9.75. The van der Waals surface area contributed by atoms with Crippen LogP contribution in [-0.4, -0.2) is 24.3 Å². The van der Waals surface area contributed by atoms with Gasteiger partial charge in [0.25, 0.3) is 5.91 Å². The van der Waals surface area contributed by atoms with Gasteiger partial charge in [0.1, 0.15) is 0 Å². The van der Waals surface area contributed by atoms with E-state index in [9.17, 15) is 14.4 Å². The molecule has 0 spiro atoms. The summed E-state index contributed by atoms with van der Waals surface area (Å²) >= 11 is 0. The smallest absolute Gasteiger partial charge is 0.306 e. The van der Waals surface area contributed by atoms with E-state index >= 15 is 0 Å². The lowest BCUT2D eigenvalue weighted by atomic mass is 10.0. The summed E-state index contributed by atoms with van der Waals surface area (Å²) < 4.78 is 5.01. The topological polar surface area (TPSA) is 72.5 Å². The zero-order valence-electron chi connectivity index (χ0n) is 16.1. The number of hydrogen-bond donors (Lipinski definition) is 1. The molecule has 0 saturated carbocycles. The molecule has 0 aliphatic heterocycles. The van der Waals surface area contributed by atoms with E-state index in [4.69, 9.17) is 4.74 Å². The second-order valence-electron chi connectivity index (χ2n) is 6.98. The number of rotatable bonds is 8. The summed E-state index contributed by atoms with van der Waals surface area (Å²) in [5.41, 5.74) is 4.92. The summed E-state index contributed by atoms with van der Waals surface area (Å²) in [6.45, 7) is 1.65. The van der Waals surface area contributed by atoms with Gasteiger partial charge in [-0.15, -0.1) is 0 Å². The molecule has 0 bridgehead atoms. The Kier molecular flexibility index (Phi) is 6.58. The summed E-state index contributed by atoms with van der Waals surface area (Å²) in [5, 5.41) is 2.75. The van der Waals surface area contributed by atoms with Crippen LogP contribution < -0.4 is 5.32 Å². The van der Waals surface area contributed by atoms with Gasteiger partial charge in [-0.05, 0) is 54.5 Å². The van der Waals surface area contributed by atoms with Gasteiger partial charge in [0.05, 0.1) is 6.42 Å². The van der Waals surface area contributed by atoms with E-state index in [1.54, 1.807) is 0 Å². The van der Waals surface area contributed by atoms with Crippen LogP contribution in [0.3, 0.4) is 0 Å². The molecule has 28 heavy (non-hydrogen) atoms. The lowest BCUT2D eigenvalue weighted by Gasteiger charge is -2.10. The number of carbonyl (C=O) groups excluding carboxylic acids is 3. The first kappa shape index (κ1) is 19.8. The van der Waals surface area contributed by atoms with Crippen LogP contribution in [0.2, 0.25) is 0 Å². The molecule has 0 unspecified atom stereocenters. The molecule has 3 rings (SSSR count). The predicted octanol–water partition coefficient (Wildman–Crippen LogP) is 3.88. The zero-order valence-corrected chi connectivity index (χ0v) is 16.1. The van der Waals surface area contributed by atoms with Crippen molar-refractivity contribution in [1.29, 1.82) is 0 Å². The third-order valence-electron chi connectivity index (χ3n) is 5.01. The predicted molar refractivity (Wildman–Crippen MR) is 107 cm³/mol. The molecule has 1 amide bonds. The molecule has 0 saturated heterocycles. The maximum Gasteiger partial charge on any atom is 0.306 e. The van der Waals surface area contributed by atoms with Crippen molar-refractivity contribution < 1.29 is 19.1 Å². The number of hydrogen-bond acceptors (Lipinski definition) is 4. The van der Waals surface area contributed by atoms with Crippen molar-refractivity contribution in [3.63, 3.8) is 0 Å². The van der Waals surface area contributed by atoms with Crippen LogP contribution in [-0.2, 0) is 33.6 Å². The third-order valence-corrected chi connectivity index (χ3v) is 5.01. The summed E-state index contributed by atoms with van der Waals surface area (Å²) in [5.74, 6) is -1.01. The van der Waals surface area contributed by atoms with E-state index in [1.807, 2.05) is 49.4 Å². The Morgan fingerprint density at radius 2 is 1.79 bits per heavy atom. The van der Waals surface area contributed by atoms with Gasteiger partial charge in [-0.3, -0.25) is 14.4 Å². The minimum atomic E-state index is -0.548. The number of para-hydroxylation sites is 1. The molecule has 0 aromatic heterocycles. The highest BCUT2D eigenvalue weighted by Gasteiger charge is 2.16. The van der Waals surface area contributed by atoms with Gasteiger partial charge in [-0.1, -0.05) is 37.3 Å². The van der Waals surface area contributed by atoms with Gasteiger partial charge in [-0.2, -0.15) is 0 Å². The summed E-state index contributed by atoms with van der Waals surface area (Å²) in [6.07, 6.45) is 4.05. The van der Waals surface area contributed by atoms with E-state index in [-0.39, 0.29) is 31.1 Å². The number of aryl methyl sites for hydroxylation is 3. The Morgan fingerprint density at radius 1 is 1.00 bits per heavy atom. The highest BCUT2D eigenvalue weighted by Crippen LogP contribution is 2.23. The van der Waals surface area contributed by atoms with Crippen molar-refractivity contribution in [1.82, 2.24) is 0 Å². The van der Waals surface area contributed by atoms with Gasteiger partial charge in [-0.25, -0.2) is 0 Å². The number of benzene rings is 2. The Labute approximate surface area is 165 Å². The molecule has 0 heterocycles. The highest BCUT2D eigenvalue weighted by molar-refractivity contribution is 5.98. The molecule has 0 atom stereocenters. The fraction of sp³-hybridized carbons (Fsp3) is 0.348. The van der Waals surface area contributed by atoms with Gasteiger partial charge >= 0.3 is 5.97 Å². The highest BCUT2D eigenvalue weighted by atomic mass is 16.5. The maximum atomic E-state index is 12.3. The van der Waals surface area contributed by atoms with Gasteiger partial charge < -0.3 is 10.1 Å². The van der Waals surface area contributed by atoms with Crippen molar-refractivity contribution in [2.75, 3.05) is 11.9 Å². The number of ketones is 1. The van der Waals surface area contributed by atoms with Crippen LogP contribution in [0.15, 0.2) is 42.5 Å². The minimum Gasteiger partial charge on any atom is -0.456 e. The number of ether oxygens (including phenoxy) is 1. The first-order chi connectivity index (χ1) is 13.6. The Bertz CT molecular complexity index is 888. The molecule has 5 nitrogen and oxygen atoms in total. The van der Waals surface area contributed by atoms with Crippen LogP contribution in [0.25, 0.3) is 0 Å². The third kappa shape index (κ3) is 5.06. The Morgan fingerprint density at radius 3 is 2.61 bits per heavy atom. The van der Waals surface area contributed by atoms with E-state index in [2.05, 4.69) is 5.32 Å². The van der Waals surface area contributed by atoms with Gasteiger partial charge in [0.2, 0.25) is 0 Å². The van der Waals surface area contributed by atoms with Crippen molar-refractivity contribution in [3.05, 3.63) is 64.7 Å². The molecule has 2 aromatic carbocycles. The van der Waals surface area contributed by atoms with Crippen LogP contribution in [0.4, 0.5) is 5.69 Å². The second kappa shape index (κ2) is 9.31. The molecule has 1 N–H and O–H groups in total. The van der Waals surface area contributed by atoms with Gasteiger partial charge in [0, 0.05) is 17.7 Å². The maximum absolute atomic E-state index is 12.3. The van der Waals surface area contributed by atoms with Crippen LogP contribution in [0, 0.1) is 0 Å². The lowest BCUT2D eigenvalue weighted by Crippen LogP contribution is -2.21. The van der Waals surface area contributed by atoms with Crippen LogP contribution >= 0.6 is 0 Å². The molecule has 1 aliphatic carbocycles. The van der Waals surface area contributed by atoms with Crippen molar-refractivity contribution in [2.45, 2.75) is 45.4 Å². The standard InChI is InChI=1S/C23H25NO4/c1-2-16-6-3-4-9-20(16)24-22(26)15-28-23(27)13-12-21(25)19-11-10-17-7-5-8-18(17)14-19/h3-4,6,9-11,14H,2,5,7-8,12-13,15H2,1H3,(H,24,26). The summed E-state index contributed by atoms with van der Waals surface area (Å²) in [7, 11) is 0. The van der Waals surface area contributed by atoms with E-state index in [0.29, 0.717) is 5.56 Å². The van der Waals surface area contributed by atoms with Gasteiger partial charge in [0.15, 0.2) is 12.4 Å². The summed E-state index contributed by atoms with van der Waals surface area (Å²) in [6, 6.07) is 13.3. The van der Waals surface area contributed by atoms with E-state index in [0.717, 1.165) is 36.9 Å².